The maximum Gasteiger partial charge on any atom is 0.246 e. The van der Waals surface area contributed by atoms with Crippen molar-refractivity contribution in [2.24, 2.45) is 0 Å². The summed E-state index contributed by atoms with van der Waals surface area (Å²) >= 11 is 0. The predicted octanol–water partition coefficient (Wildman–Crippen LogP) is 2.26. The Balaban J connectivity index is 1.56. The van der Waals surface area contributed by atoms with E-state index in [1.165, 1.54) is 19.2 Å². The molecule has 1 aliphatic rings. The van der Waals surface area contributed by atoms with Crippen LogP contribution in [0.4, 0.5) is 4.39 Å². The monoisotopic (exact) mass is 437 g/mol. The van der Waals surface area contributed by atoms with Crippen molar-refractivity contribution in [3.63, 3.8) is 0 Å². The number of nitrogens with zero attached hydrogens (tertiary/aromatic N) is 3. The van der Waals surface area contributed by atoms with E-state index < -0.39 is 6.04 Å². The van der Waals surface area contributed by atoms with E-state index >= 15 is 0 Å². The van der Waals surface area contributed by atoms with Gasteiger partial charge in [-0.3, -0.25) is 14.7 Å². The van der Waals surface area contributed by atoms with Crippen LogP contribution in [0.1, 0.15) is 23.9 Å². The third kappa shape index (κ3) is 5.00. The summed E-state index contributed by atoms with van der Waals surface area (Å²) in [6.45, 7) is 0.258. The number of halogens is 1. The number of aromatic nitrogens is 3. The van der Waals surface area contributed by atoms with E-state index in [1.54, 1.807) is 17.0 Å². The highest BCUT2D eigenvalue weighted by atomic mass is 19.1. The molecule has 1 aromatic heterocycles. The zero-order valence-corrected chi connectivity index (χ0v) is 17.6. The first-order valence-electron chi connectivity index (χ1n) is 10.3. The molecule has 8 nitrogen and oxygen atoms in total. The molecular weight excluding hydrogens is 413 g/mol. The number of hydrogen-bond acceptors (Lipinski definition) is 5. The topological polar surface area (TPSA) is 100 Å². The van der Waals surface area contributed by atoms with Gasteiger partial charge in [0.25, 0.3) is 0 Å². The molecule has 2 heterocycles. The zero-order valence-electron chi connectivity index (χ0n) is 17.6. The minimum absolute atomic E-state index is 0.0483. The molecule has 32 heavy (non-hydrogen) atoms. The van der Waals surface area contributed by atoms with E-state index in [0.29, 0.717) is 30.2 Å². The molecule has 2 aromatic carbocycles. The highest BCUT2D eigenvalue weighted by Crippen LogP contribution is 2.32. The molecule has 0 spiro atoms. The lowest BCUT2D eigenvalue weighted by Gasteiger charge is -2.23. The zero-order chi connectivity index (χ0) is 22.5. The molecule has 2 atom stereocenters. The first-order valence-corrected chi connectivity index (χ1v) is 10.3. The van der Waals surface area contributed by atoms with Crippen LogP contribution in [0.15, 0.2) is 54.6 Å². The second-order valence-electron chi connectivity index (χ2n) is 7.71. The van der Waals surface area contributed by atoms with E-state index in [4.69, 9.17) is 4.74 Å². The summed E-state index contributed by atoms with van der Waals surface area (Å²) < 4.78 is 18.5. The van der Waals surface area contributed by atoms with Gasteiger partial charge in [0.15, 0.2) is 5.82 Å². The van der Waals surface area contributed by atoms with Crippen molar-refractivity contribution in [3.05, 3.63) is 71.8 Å². The van der Waals surface area contributed by atoms with Crippen LogP contribution < -0.4 is 5.32 Å². The first kappa shape index (κ1) is 21.6. The highest BCUT2D eigenvalue weighted by Gasteiger charge is 2.38. The maximum absolute atomic E-state index is 13.6. The smallest absolute Gasteiger partial charge is 0.246 e. The second-order valence-corrected chi connectivity index (χ2v) is 7.71. The van der Waals surface area contributed by atoms with Crippen molar-refractivity contribution in [2.45, 2.75) is 24.9 Å². The normalized spacial score (nSPS) is 18.0. The largest absolute Gasteiger partial charge is 0.375 e. The van der Waals surface area contributed by atoms with E-state index in [1.807, 2.05) is 30.3 Å². The first-order chi connectivity index (χ1) is 15.5. The van der Waals surface area contributed by atoms with Crippen LogP contribution >= 0.6 is 0 Å². The molecule has 166 valence electrons. The standard InChI is InChI=1S/C23H24FN5O3/c1-32-14-20(30)25-18-12-19(23-26-22(27-28-23)16-7-3-2-4-8-16)29(13-18)21(31)11-15-6-5-9-17(24)10-15/h2-10,18-19H,11-14H2,1H3,(H,25,30)(H,26,27,28). The lowest BCUT2D eigenvalue weighted by molar-refractivity contribution is -0.132. The number of likely N-dealkylation sites (tertiary alicyclic amines) is 1. The van der Waals surface area contributed by atoms with E-state index in [2.05, 4.69) is 20.5 Å². The maximum atomic E-state index is 13.6. The minimum Gasteiger partial charge on any atom is -0.375 e. The average Bonchev–Trinajstić information content (AvgIpc) is 3.42. The Hall–Kier alpha value is -3.59. The number of amides is 2. The van der Waals surface area contributed by atoms with Gasteiger partial charge in [-0.2, -0.15) is 5.10 Å². The van der Waals surface area contributed by atoms with Crippen molar-refractivity contribution in [1.82, 2.24) is 25.4 Å². The summed E-state index contributed by atoms with van der Waals surface area (Å²) in [5.74, 6) is 0.255. The molecule has 2 amide bonds. The number of ether oxygens (including phenoxy) is 1. The Bertz CT molecular complexity index is 1090. The number of aromatic amines is 1. The van der Waals surface area contributed by atoms with Crippen molar-refractivity contribution in [1.29, 1.82) is 0 Å². The number of carbonyl (C=O) groups excluding carboxylic acids is 2. The third-order valence-corrected chi connectivity index (χ3v) is 5.36. The Morgan fingerprint density at radius 1 is 1.22 bits per heavy atom. The number of H-pyrrole nitrogens is 1. The van der Waals surface area contributed by atoms with Crippen LogP contribution in [-0.4, -0.2) is 58.2 Å². The van der Waals surface area contributed by atoms with E-state index in [-0.39, 0.29) is 36.7 Å². The molecule has 1 aliphatic heterocycles. The van der Waals surface area contributed by atoms with Crippen LogP contribution in [0.5, 0.6) is 0 Å². The van der Waals surface area contributed by atoms with Crippen molar-refractivity contribution < 1.29 is 18.7 Å². The van der Waals surface area contributed by atoms with E-state index in [9.17, 15) is 14.0 Å². The molecule has 9 heteroatoms. The van der Waals surface area contributed by atoms with Crippen LogP contribution in [0, 0.1) is 5.82 Å². The number of rotatable bonds is 7. The Labute approximate surface area is 184 Å². The van der Waals surface area contributed by atoms with Crippen LogP contribution in [-0.2, 0) is 20.7 Å². The predicted molar refractivity (Wildman–Crippen MR) is 115 cm³/mol. The number of hydrogen-bond donors (Lipinski definition) is 2. The van der Waals surface area contributed by atoms with Gasteiger partial charge in [0.2, 0.25) is 11.8 Å². The van der Waals surface area contributed by atoms with Gasteiger partial charge in [-0.1, -0.05) is 42.5 Å². The molecule has 1 fully saturated rings. The molecule has 0 radical (unpaired) electrons. The summed E-state index contributed by atoms with van der Waals surface area (Å²) in [7, 11) is 1.45. The quantitative estimate of drug-likeness (QED) is 0.591. The number of nitrogens with one attached hydrogen (secondary N) is 2. The molecule has 3 aromatic rings. The van der Waals surface area contributed by atoms with Crippen molar-refractivity contribution >= 4 is 11.8 Å². The molecule has 0 bridgehead atoms. The van der Waals surface area contributed by atoms with Gasteiger partial charge < -0.3 is 15.0 Å². The van der Waals surface area contributed by atoms with Gasteiger partial charge in [0.05, 0.1) is 12.5 Å². The van der Waals surface area contributed by atoms with E-state index in [0.717, 1.165) is 5.56 Å². The molecule has 2 unspecified atom stereocenters. The average molecular weight is 437 g/mol. The third-order valence-electron chi connectivity index (χ3n) is 5.36. The SMILES string of the molecule is COCC(=O)NC1CC(c2nc(-c3ccccc3)n[nH]2)N(C(=O)Cc2cccc(F)c2)C1. The molecule has 1 saturated heterocycles. The number of methoxy groups -OCH3 is 1. The lowest BCUT2D eigenvalue weighted by Crippen LogP contribution is -2.40. The Kier molecular flexibility index (Phi) is 6.55. The van der Waals surface area contributed by atoms with Crippen molar-refractivity contribution in [3.8, 4) is 11.4 Å². The van der Waals surface area contributed by atoms with Crippen LogP contribution in [0.3, 0.4) is 0 Å². The second kappa shape index (κ2) is 9.69. The van der Waals surface area contributed by atoms with Crippen LogP contribution in [0.2, 0.25) is 0 Å². The fourth-order valence-corrected chi connectivity index (χ4v) is 3.94. The van der Waals surface area contributed by atoms with Gasteiger partial charge in [0, 0.05) is 25.3 Å². The molecule has 0 aliphatic carbocycles. The molecule has 0 saturated carbocycles. The Morgan fingerprint density at radius 3 is 2.78 bits per heavy atom. The van der Waals surface area contributed by atoms with Gasteiger partial charge in [0.1, 0.15) is 18.2 Å². The van der Waals surface area contributed by atoms with Gasteiger partial charge in [-0.05, 0) is 24.1 Å². The molecular formula is C23H24FN5O3. The highest BCUT2D eigenvalue weighted by molar-refractivity contribution is 5.80. The summed E-state index contributed by atoms with van der Waals surface area (Å²) in [5.41, 5.74) is 1.44. The lowest BCUT2D eigenvalue weighted by atomic mass is 10.1. The van der Waals surface area contributed by atoms with Crippen molar-refractivity contribution in [2.75, 3.05) is 20.3 Å². The molecule has 4 rings (SSSR count). The summed E-state index contributed by atoms with van der Waals surface area (Å²) in [6, 6.07) is 14.9. The Morgan fingerprint density at radius 2 is 2.03 bits per heavy atom. The summed E-state index contributed by atoms with van der Waals surface area (Å²) in [5, 5.41) is 10.2. The van der Waals surface area contributed by atoms with Gasteiger partial charge in [-0.25, -0.2) is 9.37 Å². The van der Waals surface area contributed by atoms with Gasteiger partial charge >= 0.3 is 0 Å². The van der Waals surface area contributed by atoms with Crippen LogP contribution in [0.25, 0.3) is 11.4 Å². The summed E-state index contributed by atoms with van der Waals surface area (Å²) in [4.78, 5) is 31.4. The number of benzene rings is 2. The fourth-order valence-electron chi connectivity index (χ4n) is 3.94. The van der Waals surface area contributed by atoms with Gasteiger partial charge in [-0.15, -0.1) is 0 Å². The minimum atomic E-state index is -0.395. The number of carbonyl (C=O) groups is 2. The fraction of sp³-hybridized carbons (Fsp3) is 0.304. The summed E-state index contributed by atoms with van der Waals surface area (Å²) in [6.07, 6.45) is 0.528. The molecule has 2 N–H and O–H groups in total.